The Bertz CT molecular complexity index is 1030. The van der Waals surface area contributed by atoms with Crippen LogP contribution in [-0.4, -0.2) is 21.9 Å². The summed E-state index contributed by atoms with van der Waals surface area (Å²) >= 11 is 0. The Morgan fingerprint density at radius 2 is 2.00 bits per heavy atom. The molecule has 0 aliphatic rings. The van der Waals surface area contributed by atoms with Crippen molar-refractivity contribution in [1.29, 1.82) is 0 Å². The number of hydrogen-bond acceptors (Lipinski definition) is 5. The Labute approximate surface area is 145 Å². The average molecular weight is 334 g/mol. The van der Waals surface area contributed by atoms with E-state index >= 15 is 0 Å². The van der Waals surface area contributed by atoms with Crippen LogP contribution in [0.15, 0.2) is 53.3 Å². The molecular formula is C19H18N4O2. The fraction of sp³-hybridized carbons (Fsp3) is 0.158. The summed E-state index contributed by atoms with van der Waals surface area (Å²) in [6.45, 7) is 3.87. The first-order chi connectivity index (χ1) is 12.2. The smallest absolute Gasteiger partial charge is 0.141 e. The summed E-state index contributed by atoms with van der Waals surface area (Å²) < 4.78 is 12.5. The van der Waals surface area contributed by atoms with Gasteiger partial charge in [0, 0.05) is 11.6 Å². The van der Waals surface area contributed by atoms with Crippen LogP contribution < -0.4 is 10.2 Å². The molecule has 25 heavy (non-hydrogen) atoms. The van der Waals surface area contributed by atoms with Crippen molar-refractivity contribution in [3.05, 3.63) is 60.2 Å². The molecule has 4 rings (SSSR count). The van der Waals surface area contributed by atoms with E-state index in [0.29, 0.717) is 0 Å². The van der Waals surface area contributed by atoms with Gasteiger partial charge >= 0.3 is 0 Å². The van der Waals surface area contributed by atoms with Crippen molar-refractivity contribution in [1.82, 2.24) is 14.8 Å². The number of benzene rings is 2. The van der Waals surface area contributed by atoms with E-state index in [9.17, 15) is 0 Å². The molecule has 0 fully saturated rings. The molecule has 0 atom stereocenters. The molecule has 0 saturated carbocycles. The second-order valence-corrected chi connectivity index (χ2v) is 5.86. The fourth-order valence-electron chi connectivity index (χ4n) is 2.98. The minimum Gasteiger partial charge on any atom is -0.497 e. The van der Waals surface area contributed by atoms with Gasteiger partial charge in [-0.2, -0.15) is 0 Å². The summed E-state index contributed by atoms with van der Waals surface area (Å²) in [4.78, 5) is 4.45. The lowest BCUT2D eigenvalue weighted by atomic mass is 10.0. The van der Waals surface area contributed by atoms with E-state index in [1.165, 1.54) is 0 Å². The molecule has 6 heteroatoms. The zero-order valence-corrected chi connectivity index (χ0v) is 14.3. The Hall–Kier alpha value is -3.28. The topological polar surface area (TPSA) is 65.1 Å². The highest BCUT2D eigenvalue weighted by Crippen LogP contribution is 2.29. The summed E-state index contributed by atoms with van der Waals surface area (Å²) in [5.74, 6) is 1.61. The molecule has 2 aromatic carbocycles. The number of nitrogens with one attached hydrogen (secondary N) is 1. The molecule has 2 heterocycles. The first kappa shape index (κ1) is 15.3. The van der Waals surface area contributed by atoms with E-state index in [1.54, 1.807) is 13.4 Å². The van der Waals surface area contributed by atoms with Crippen LogP contribution in [0.3, 0.4) is 0 Å². The van der Waals surface area contributed by atoms with Crippen LogP contribution in [0, 0.1) is 13.8 Å². The third-order valence-corrected chi connectivity index (χ3v) is 4.19. The minimum absolute atomic E-state index is 0.797. The third kappa shape index (κ3) is 2.71. The maximum atomic E-state index is 5.29. The highest BCUT2D eigenvalue weighted by molar-refractivity contribution is 5.83. The number of fused-ring (bicyclic) bond motifs is 1. The van der Waals surface area contributed by atoms with Crippen molar-refractivity contribution in [2.24, 2.45) is 0 Å². The van der Waals surface area contributed by atoms with Crippen molar-refractivity contribution >= 4 is 16.7 Å². The van der Waals surface area contributed by atoms with Gasteiger partial charge in [0.2, 0.25) is 0 Å². The summed E-state index contributed by atoms with van der Waals surface area (Å²) in [6.07, 6.45) is 1.77. The van der Waals surface area contributed by atoms with Gasteiger partial charge in [0.1, 0.15) is 17.8 Å². The molecule has 0 radical (unpaired) electrons. The van der Waals surface area contributed by atoms with Crippen molar-refractivity contribution in [2.75, 3.05) is 12.5 Å². The first-order valence-electron chi connectivity index (χ1n) is 7.97. The highest BCUT2D eigenvalue weighted by Gasteiger charge is 2.13. The second-order valence-electron chi connectivity index (χ2n) is 5.86. The molecule has 0 saturated heterocycles. The Kier molecular flexibility index (Phi) is 3.65. The van der Waals surface area contributed by atoms with Crippen LogP contribution in [-0.2, 0) is 0 Å². The van der Waals surface area contributed by atoms with Gasteiger partial charge in [-0.3, -0.25) is 5.43 Å². The Morgan fingerprint density at radius 1 is 1.12 bits per heavy atom. The Balaban J connectivity index is 1.76. The van der Waals surface area contributed by atoms with Crippen LogP contribution in [0.5, 0.6) is 5.75 Å². The monoisotopic (exact) mass is 334 g/mol. The lowest BCUT2D eigenvalue weighted by Gasteiger charge is -2.10. The lowest BCUT2D eigenvalue weighted by molar-refractivity contribution is 0.393. The number of nitrogens with zero attached hydrogens (tertiary/aromatic N) is 3. The van der Waals surface area contributed by atoms with Gasteiger partial charge in [-0.25, -0.2) is 9.66 Å². The minimum atomic E-state index is 0.797. The molecule has 0 bridgehead atoms. The van der Waals surface area contributed by atoms with E-state index in [0.717, 1.165) is 45.1 Å². The molecular weight excluding hydrogens is 316 g/mol. The van der Waals surface area contributed by atoms with Gasteiger partial charge in [-0.1, -0.05) is 17.3 Å². The lowest BCUT2D eigenvalue weighted by Crippen LogP contribution is -2.07. The van der Waals surface area contributed by atoms with Gasteiger partial charge in [-0.15, -0.1) is 0 Å². The van der Waals surface area contributed by atoms with Crippen LogP contribution in [0.2, 0.25) is 0 Å². The number of imidazole rings is 1. The van der Waals surface area contributed by atoms with Gasteiger partial charge in [0.15, 0.2) is 0 Å². The third-order valence-electron chi connectivity index (χ3n) is 4.19. The number of methoxy groups -OCH3 is 1. The number of ether oxygens (including phenoxy) is 1. The first-order valence-corrected chi connectivity index (χ1v) is 7.97. The molecule has 2 aromatic heterocycles. The van der Waals surface area contributed by atoms with Crippen molar-refractivity contribution in [2.45, 2.75) is 13.8 Å². The molecule has 4 aromatic rings. The van der Waals surface area contributed by atoms with Gasteiger partial charge in [0.05, 0.1) is 29.5 Å². The standard InChI is InChI=1S/C19H18N4O2/c1-12-19(13(2)25-22-12)14-7-8-17-18(9-14)23(11-20-17)21-15-5-4-6-16(10-15)24-3/h4-11,21H,1-3H3. The quantitative estimate of drug-likeness (QED) is 0.606. The molecule has 0 unspecified atom stereocenters. The summed E-state index contributed by atoms with van der Waals surface area (Å²) in [6, 6.07) is 13.9. The molecule has 0 aliphatic carbocycles. The normalized spacial score (nSPS) is 11.0. The number of aromatic nitrogens is 3. The molecule has 6 nitrogen and oxygen atoms in total. The summed E-state index contributed by atoms with van der Waals surface area (Å²) in [5, 5.41) is 4.04. The second kappa shape index (κ2) is 5.98. The van der Waals surface area contributed by atoms with E-state index in [-0.39, 0.29) is 0 Å². The zero-order chi connectivity index (χ0) is 17.4. The molecule has 0 aliphatic heterocycles. The Morgan fingerprint density at radius 3 is 2.76 bits per heavy atom. The van der Waals surface area contributed by atoms with E-state index < -0.39 is 0 Å². The van der Waals surface area contributed by atoms with Crippen LogP contribution in [0.4, 0.5) is 5.69 Å². The van der Waals surface area contributed by atoms with E-state index in [1.807, 2.05) is 54.9 Å². The molecule has 1 N–H and O–H groups in total. The highest BCUT2D eigenvalue weighted by atomic mass is 16.5. The van der Waals surface area contributed by atoms with Crippen LogP contribution in [0.1, 0.15) is 11.5 Å². The average Bonchev–Trinajstić information content (AvgIpc) is 3.18. The van der Waals surface area contributed by atoms with E-state index in [4.69, 9.17) is 9.26 Å². The number of aryl methyl sites for hydroxylation is 2. The molecule has 126 valence electrons. The summed E-state index contributed by atoms with van der Waals surface area (Å²) in [5.41, 5.74) is 9.09. The summed E-state index contributed by atoms with van der Waals surface area (Å²) in [7, 11) is 1.65. The van der Waals surface area contributed by atoms with E-state index in [2.05, 4.69) is 21.6 Å². The largest absolute Gasteiger partial charge is 0.497 e. The van der Waals surface area contributed by atoms with Crippen molar-refractivity contribution in [3.8, 4) is 16.9 Å². The SMILES string of the molecule is COc1cccc(Nn2cnc3ccc(-c4c(C)noc4C)cc32)c1. The molecule has 0 spiro atoms. The van der Waals surface area contributed by atoms with Crippen molar-refractivity contribution < 1.29 is 9.26 Å². The number of anilines is 1. The van der Waals surface area contributed by atoms with Crippen LogP contribution in [0.25, 0.3) is 22.2 Å². The van der Waals surface area contributed by atoms with Crippen LogP contribution >= 0.6 is 0 Å². The zero-order valence-electron chi connectivity index (χ0n) is 14.3. The predicted octanol–water partition coefficient (Wildman–Crippen LogP) is 4.19. The van der Waals surface area contributed by atoms with Crippen molar-refractivity contribution in [3.63, 3.8) is 0 Å². The van der Waals surface area contributed by atoms with Gasteiger partial charge in [-0.05, 0) is 43.7 Å². The molecule has 0 amide bonds. The maximum absolute atomic E-state index is 5.29. The fourth-order valence-corrected chi connectivity index (χ4v) is 2.98. The maximum Gasteiger partial charge on any atom is 0.141 e. The number of hydrogen-bond donors (Lipinski definition) is 1. The van der Waals surface area contributed by atoms with Gasteiger partial charge in [0.25, 0.3) is 0 Å². The predicted molar refractivity (Wildman–Crippen MR) is 96.7 cm³/mol. The van der Waals surface area contributed by atoms with Gasteiger partial charge < -0.3 is 9.26 Å². The number of rotatable bonds is 4.